The third kappa shape index (κ3) is 4.18. The molecule has 0 spiro atoms. The first-order valence-corrected chi connectivity index (χ1v) is 6.78. The van der Waals surface area contributed by atoms with Crippen molar-refractivity contribution in [3.05, 3.63) is 0 Å². The van der Waals surface area contributed by atoms with Crippen LogP contribution in [0.25, 0.3) is 0 Å². The topological polar surface area (TPSA) is 58.6 Å². The molecule has 7 heteroatoms. The maximum atomic E-state index is 11.9. The Morgan fingerprint density at radius 3 is 2.62 bits per heavy atom. The summed E-state index contributed by atoms with van der Waals surface area (Å²) >= 11 is 0. The van der Waals surface area contributed by atoms with Crippen molar-refractivity contribution in [3.8, 4) is 0 Å². The van der Waals surface area contributed by atoms with Crippen LogP contribution >= 0.6 is 12.4 Å². The standard InChI is InChI=1S/C9H20N2O3S.ClH/c1-8(14-3)7-15(12,13)11-5-4-9(6-11)10-2;/h8-10H,4-7H2,1-3H3;1H. The van der Waals surface area contributed by atoms with Crippen molar-refractivity contribution in [2.75, 3.05) is 33.0 Å². The summed E-state index contributed by atoms with van der Waals surface area (Å²) in [6, 6.07) is 0.289. The Bertz CT molecular complexity index is 297. The lowest BCUT2D eigenvalue weighted by Gasteiger charge is -2.18. The maximum Gasteiger partial charge on any atom is 0.216 e. The van der Waals surface area contributed by atoms with Crippen LogP contribution in [0, 0.1) is 0 Å². The molecule has 1 saturated heterocycles. The number of nitrogens with zero attached hydrogens (tertiary/aromatic N) is 1. The molecule has 0 aliphatic carbocycles. The fourth-order valence-electron chi connectivity index (χ4n) is 1.69. The molecule has 5 nitrogen and oxygen atoms in total. The largest absolute Gasteiger partial charge is 0.381 e. The Hall–Kier alpha value is 0.120. The van der Waals surface area contributed by atoms with E-state index >= 15 is 0 Å². The SMILES string of the molecule is CNC1CCN(S(=O)(=O)CC(C)OC)C1.Cl. The lowest BCUT2D eigenvalue weighted by atomic mass is 10.3. The van der Waals surface area contributed by atoms with Crippen LogP contribution in [-0.4, -0.2) is 57.9 Å². The van der Waals surface area contributed by atoms with E-state index < -0.39 is 10.0 Å². The molecule has 1 aliphatic heterocycles. The smallest absolute Gasteiger partial charge is 0.216 e. The van der Waals surface area contributed by atoms with Gasteiger partial charge in [-0.2, -0.15) is 0 Å². The predicted molar refractivity (Wildman–Crippen MR) is 66.5 cm³/mol. The summed E-state index contributed by atoms with van der Waals surface area (Å²) in [4.78, 5) is 0. The Labute approximate surface area is 104 Å². The van der Waals surface area contributed by atoms with Crippen molar-refractivity contribution in [1.82, 2.24) is 9.62 Å². The molecule has 0 aromatic rings. The van der Waals surface area contributed by atoms with Crippen molar-refractivity contribution in [3.63, 3.8) is 0 Å². The molecular weight excluding hydrogens is 252 g/mol. The van der Waals surface area contributed by atoms with Gasteiger partial charge in [-0.3, -0.25) is 0 Å². The molecule has 1 heterocycles. The quantitative estimate of drug-likeness (QED) is 0.769. The minimum Gasteiger partial charge on any atom is -0.381 e. The number of rotatable bonds is 5. The Morgan fingerprint density at radius 2 is 2.19 bits per heavy atom. The average molecular weight is 273 g/mol. The molecule has 0 amide bonds. The Kier molecular flexibility index (Phi) is 6.81. The van der Waals surface area contributed by atoms with Gasteiger partial charge in [-0.1, -0.05) is 0 Å². The van der Waals surface area contributed by atoms with Crippen LogP contribution in [0.3, 0.4) is 0 Å². The van der Waals surface area contributed by atoms with Gasteiger partial charge in [0.25, 0.3) is 0 Å². The van der Waals surface area contributed by atoms with E-state index in [-0.39, 0.29) is 30.3 Å². The van der Waals surface area contributed by atoms with Gasteiger partial charge in [-0.05, 0) is 20.4 Å². The Morgan fingerprint density at radius 1 is 1.56 bits per heavy atom. The highest BCUT2D eigenvalue weighted by Crippen LogP contribution is 2.14. The molecule has 1 fully saturated rings. The highest BCUT2D eigenvalue weighted by Gasteiger charge is 2.31. The van der Waals surface area contributed by atoms with Gasteiger partial charge in [-0.25, -0.2) is 12.7 Å². The van der Waals surface area contributed by atoms with Crippen LogP contribution in [0.5, 0.6) is 0 Å². The summed E-state index contributed by atoms with van der Waals surface area (Å²) < 4.78 is 30.3. The van der Waals surface area contributed by atoms with Gasteiger partial charge in [0, 0.05) is 26.2 Å². The van der Waals surface area contributed by atoms with E-state index in [9.17, 15) is 8.42 Å². The highest BCUT2D eigenvalue weighted by atomic mass is 35.5. The van der Waals surface area contributed by atoms with Gasteiger partial charge in [0.15, 0.2) is 0 Å². The first-order chi connectivity index (χ1) is 6.99. The number of likely N-dealkylation sites (N-methyl/N-ethyl adjacent to an activating group) is 1. The molecule has 1 rings (SSSR count). The molecule has 0 aromatic heterocycles. The van der Waals surface area contributed by atoms with Crippen LogP contribution in [0.2, 0.25) is 0 Å². The van der Waals surface area contributed by atoms with E-state index in [0.717, 1.165) is 6.42 Å². The van der Waals surface area contributed by atoms with Crippen molar-refractivity contribution >= 4 is 22.4 Å². The van der Waals surface area contributed by atoms with Crippen LogP contribution < -0.4 is 5.32 Å². The number of nitrogens with one attached hydrogen (secondary N) is 1. The van der Waals surface area contributed by atoms with Crippen molar-refractivity contribution < 1.29 is 13.2 Å². The molecule has 0 radical (unpaired) electrons. The molecule has 1 aliphatic rings. The van der Waals surface area contributed by atoms with Gasteiger partial charge in [0.1, 0.15) is 0 Å². The minimum atomic E-state index is -3.15. The summed E-state index contributed by atoms with van der Waals surface area (Å²) in [6.07, 6.45) is 0.639. The summed E-state index contributed by atoms with van der Waals surface area (Å²) in [5.74, 6) is 0.0694. The fraction of sp³-hybridized carbons (Fsp3) is 1.00. The van der Waals surface area contributed by atoms with E-state index in [1.807, 2.05) is 7.05 Å². The molecule has 0 saturated carbocycles. The Balaban J connectivity index is 0.00000225. The number of halogens is 1. The molecule has 2 unspecified atom stereocenters. The first kappa shape index (κ1) is 16.1. The molecular formula is C9H21ClN2O3S. The second-order valence-electron chi connectivity index (χ2n) is 3.96. The fourth-order valence-corrected chi connectivity index (χ4v) is 3.42. The van der Waals surface area contributed by atoms with Gasteiger partial charge < -0.3 is 10.1 Å². The lowest BCUT2D eigenvalue weighted by molar-refractivity contribution is 0.135. The van der Waals surface area contributed by atoms with E-state index in [1.54, 1.807) is 11.2 Å². The van der Waals surface area contributed by atoms with Crippen LogP contribution in [0.15, 0.2) is 0 Å². The lowest BCUT2D eigenvalue weighted by Crippen LogP contribution is -2.37. The predicted octanol–water partition coefficient (Wildman–Crippen LogP) is 0.0666. The maximum absolute atomic E-state index is 11.9. The zero-order valence-corrected chi connectivity index (χ0v) is 11.6. The second-order valence-corrected chi connectivity index (χ2v) is 5.97. The van der Waals surface area contributed by atoms with Crippen LogP contribution in [-0.2, 0) is 14.8 Å². The van der Waals surface area contributed by atoms with E-state index in [0.29, 0.717) is 13.1 Å². The normalized spacial score (nSPS) is 24.1. The van der Waals surface area contributed by atoms with Gasteiger partial charge in [-0.15, -0.1) is 12.4 Å². The number of sulfonamides is 1. The zero-order chi connectivity index (χ0) is 11.5. The summed E-state index contributed by atoms with van der Waals surface area (Å²) in [5, 5.41) is 3.10. The van der Waals surface area contributed by atoms with Gasteiger partial charge in [0.05, 0.1) is 11.9 Å². The molecule has 1 N–H and O–H groups in total. The monoisotopic (exact) mass is 272 g/mol. The van der Waals surface area contributed by atoms with Crippen molar-refractivity contribution in [2.45, 2.75) is 25.5 Å². The van der Waals surface area contributed by atoms with Gasteiger partial charge >= 0.3 is 0 Å². The van der Waals surface area contributed by atoms with E-state index in [1.165, 1.54) is 7.11 Å². The second kappa shape index (κ2) is 6.76. The number of methoxy groups -OCH3 is 1. The summed E-state index contributed by atoms with van der Waals surface area (Å²) in [5.41, 5.74) is 0. The van der Waals surface area contributed by atoms with Crippen LogP contribution in [0.4, 0.5) is 0 Å². The summed E-state index contributed by atoms with van der Waals surface area (Å²) in [7, 11) is 0.242. The number of ether oxygens (including phenoxy) is 1. The number of hydrogen-bond acceptors (Lipinski definition) is 4. The number of hydrogen-bond donors (Lipinski definition) is 1. The zero-order valence-electron chi connectivity index (χ0n) is 9.97. The van der Waals surface area contributed by atoms with Crippen molar-refractivity contribution in [1.29, 1.82) is 0 Å². The van der Waals surface area contributed by atoms with Crippen molar-refractivity contribution in [2.24, 2.45) is 0 Å². The van der Waals surface area contributed by atoms with Gasteiger partial charge in [0.2, 0.25) is 10.0 Å². The molecule has 0 bridgehead atoms. The minimum absolute atomic E-state index is 0. The molecule has 0 aromatic carbocycles. The van der Waals surface area contributed by atoms with E-state index in [4.69, 9.17) is 4.74 Å². The summed E-state index contributed by atoms with van der Waals surface area (Å²) in [6.45, 7) is 2.96. The van der Waals surface area contributed by atoms with Crippen LogP contribution in [0.1, 0.15) is 13.3 Å². The van der Waals surface area contributed by atoms with E-state index in [2.05, 4.69) is 5.32 Å². The average Bonchev–Trinajstić information content (AvgIpc) is 2.65. The third-order valence-corrected chi connectivity index (χ3v) is 4.81. The third-order valence-electron chi connectivity index (χ3n) is 2.80. The highest BCUT2D eigenvalue weighted by molar-refractivity contribution is 7.89. The molecule has 2 atom stereocenters. The molecule has 98 valence electrons. The molecule has 16 heavy (non-hydrogen) atoms. The first-order valence-electron chi connectivity index (χ1n) is 5.17.